The van der Waals surface area contributed by atoms with E-state index in [1.807, 2.05) is 111 Å². The van der Waals surface area contributed by atoms with E-state index in [1.54, 1.807) is 0 Å². The van der Waals surface area contributed by atoms with Gasteiger partial charge in [0.1, 0.15) is 35.2 Å². The highest BCUT2D eigenvalue weighted by molar-refractivity contribution is 5.97. The lowest BCUT2D eigenvalue weighted by Gasteiger charge is -2.33. The summed E-state index contributed by atoms with van der Waals surface area (Å²) >= 11 is 0. The van der Waals surface area contributed by atoms with Crippen LogP contribution in [-0.2, 0) is 0 Å². The summed E-state index contributed by atoms with van der Waals surface area (Å²) in [7, 11) is 0. The van der Waals surface area contributed by atoms with Crippen LogP contribution in [0.4, 0.5) is 11.4 Å². The average molecular weight is 871 g/mol. The summed E-state index contributed by atoms with van der Waals surface area (Å²) in [6, 6.07) is 40.8. The van der Waals surface area contributed by atoms with Crippen molar-refractivity contribution in [2.75, 3.05) is 11.4 Å². The summed E-state index contributed by atoms with van der Waals surface area (Å²) in [6.07, 6.45) is 20.9. The van der Waals surface area contributed by atoms with E-state index >= 15 is 0 Å². The van der Waals surface area contributed by atoms with Crippen LogP contribution >= 0.6 is 0 Å². The van der Waals surface area contributed by atoms with E-state index in [9.17, 15) is 10.2 Å². The molecule has 66 heavy (non-hydrogen) atoms. The fourth-order valence-electron chi connectivity index (χ4n) is 9.69. The third kappa shape index (κ3) is 8.47. The fourth-order valence-corrected chi connectivity index (χ4v) is 9.69. The van der Waals surface area contributed by atoms with Crippen molar-refractivity contribution in [3.63, 3.8) is 0 Å². The Morgan fingerprint density at radius 3 is 1.80 bits per heavy atom. The van der Waals surface area contributed by atoms with Gasteiger partial charge in [0.25, 0.3) is 0 Å². The van der Waals surface area contributed by atoms with Crippen LogP contribution in [0.2, 0.25) is 0 Å². The minimum absolute atomic E-state index is 0.182. The van der Waals surface area contributed by atoms with Gasteiger partial charge in [0.05, 0.1) is 22.6 Å². The Labute approximate surface area is 389 Å². The molecule has 6 heteroatoms. The lowest BCUT2D eigenvalue weighted by molar-refractivity contribution is 0.0238. The predicted molar refractivity (Wildman–Crippen MR) is 275 cm³/mol. The third-order valence-electron chi connectivity index (χ3n) is 12.7. The van der Waals surface area contributed by atoms with Crippen LogP contribution in [0, 0.1) is 13.8 Å². The Balaban J connectivity index is 0.00000270. The van der Waals surface area contributed by atoms with Crippen molar-refractivity contribution >= 4 is 40.0 Å². The van der Waals surface area contributed by atoms with E-state index in [0.717, 1.165) is 99.0 Å². The number of allylic oxidation sites excluding steroid dienone is 6. The lowest BCUT2D eigenvalue weighted by Crippen LogP contribution is -2.39. The Morgan fingerprint density at radius 1 is 0.561 bits per heavy atom. The molecule has 6 aromatic carbocycles. The molecule has 2 N–H and O–H groups in total. The molecule has 1 unspecified atom stereocenters. The van der Waals surface area contributed by atoms with Gasteiger partial charge in [-0.3, -0.25) is 0 Å². The molecule has 2 atom stereocenters. The molecule has 0 saturated heterocycles. The van der Waals surface area contributed by atoms with Crippen LogP contribution in [0.25, 0.3) is 56.6 Å². The van der Waals surface area contributed by atoms with Crippen LogP contribution < -0.4 is 14.4 Å². The quantitative estimate of drug-likeness (QED) is 0.159. The number of aromatic nitrogens is 1. The maximum absolute atomic E-state index is 12.4. The van der Waals surface area contributed by atoms with E-state index in [-0.39, 0.29) is 23.7 Å². The van der Waals surface area contributed by atoms with E-state index < -0.39 is 0 Å². The molecule has 3 aliphatic rings. The lowest BCUT2D eigenvalue weighted by atomic mass is 9.93. The van der Waals surface area contributed by atoms with Crippen LogP contribution in [0.5, 0.6) is 23.0 Å². The number of phenolic OH excluding ortho intramolecular Hbond substituents is 2. The number of nitrogens with zero attached hydrogens (tertiary/aromatic N) is 2. The molecule has 0 amide bonds. The number of rotatable bonds is 8. The van der Waals surface area contributed by atoms with Crippen molar-refractivity contribution in [1.29, 1.82) is 0 Å². The van der Waals surface area contributed by atoms with Gasteiger partial charge in [-0.05, 0) is 117 Å². The molecule has 1 aliphatic heterocycles. The zero-order chi connectivity index (χ0) is 45.7. The molecule has 7 aromatic rings. The van der Waals surface area contributed by atoms with Gasteiger partial charge in [-0.1, -0.05) is 136 Å². The summed E-state index contributed by atoms with van der Waals surface area (Å²) in [6.45, 7) is 13.1. The fraction of sp³-hybridized carbons (Fsp3) is 0.200. The molecule has 10 rings (SSSR count). The number of phenols is 2. The molecule has 6 nitrogen and oxygen atoms in total. The van der Waals surface area contributed by atoms with Gasteiger partial charge in [-0.25, -0.2) is 0 Å². The molecule has 1 fully saturated rings. The number of hydrogen-bond donors (Lipinski definition) is 2. The molecule has 1 saturated carbocycles. The number of benzene rings is 6. The van der Waals surface area contributed by atoms with Gasteiger partial charge >= 0.3 is 0 Å². The van der Waals surface area contributed by atoms with Crippen LogP contribution in [0.15, 0.2) is 164 Å². The van der Waals surface area contributed by atoms with Crippen molar-refractivity contribution in [3.05, 3.63) is 192 Å². The molecular formula is C60H58N2O4. The highest BCUT2D eigenvalue weighted by Crippen LogP contribution is 2.47. The number of para-hydroxylation sites is 4. The topological polar surface area (TPSA) is 67.1 Å². The van der Waals surface area contributed by atoms with Crippen LogP contribution in [0.1, 0.15) is 73.9 Å². The summed E-state index contributed by atoms with van der Waals surface area (Å²) in [4.78, 5) is 2.15. The summed E-state index contributed by atoms with van der Waals surface area (Å²) in [5, 5.41) is 25.8. The zero-order valence-corrected chi connectivity index (χ0v) is 38.4. The molecule has 0 spiro atoms. The largest absolute Gasteiger partial charge is 0.505 e. The first-order valence-corrected chi connectivity index (χ1v) is 23.4. The SMILES string of the molecule is C=C1/C=C\C=C/CN(c2cc(C)cc(-c3ccccc3O[C@@H]3CCCCC3Oc3ccccc3-c3cc(C)cc(-n4c5c(c6ccccc64)C=CCC=C5)c3O)c2O)c2ccccc21.CC. The highest BCUT2D eigenvalue weighted by atomic mass is 16.5. The van der Waals surface area contributed by atoms with Crippen molar-refractivity contribution < 1.29 is 19.7 Å². The first-order valence-electron chi connectivity index (χ1n) is 23.4. The normalized spacial score (nSPS) is 17.6. The molecular weight excluding hydrogens is 813 g/mol. The Kier molecular flexibility index (Phi) is 12.8. The van der Waals surface area contributed by atoms with Crippen molar-refractivity contribution in [2.24, 2.45) is 0 Å². The number of aryl methyl sites for hydroxylation is 2. The Morgan fingerprint density at radius 2 is 1.12 bits per heavy atom. The zero-order valence-electron chi connectivity index (χ0n) is 38.4. The number of fused-ring (bicyclic) bond motifs is 4. The van der Waals surface area contributed by atoms with E-state index in [2.05, 4.69) is 103 Å². The van der Waals surface area contributed by atoms with E-state index in [4.69, 9.17) is 9.47 Å². The predicted octanol–water partition coefficient (Wildman–Crippen LogP) is 15.5. The molecule has 0 radical (unpaired) electrons. The third-order valence-corrected chi connectivity index (χ3v) is 12.7. The minimum Gasteiger partial charge on any atom is -0.505 e. The molecule has 2 heterocycles. The van der Waals surface area contributed by atoms with E-state index in [0.29, 0.717) is 34.9 Å². The second-order valence-corrected chi connectivity index (χ2v) is 17.1. The standard InChI is InChI=1S/C58H52N2O4.C2H6/c1-38-34-46(57(61)51(36-38)59-33-19-5-6-20-40(3)41-21-9-13-26-48(41)59)44-24-11-15-29-53(44)63-55-31-17-18-32-56(55)64-54-30-16-12-25-45(54)47-35-39(2)37-52(58(47)62)60-49-27-8-4-7-22-42(49)43-23-10-14-28-50(43)60;1-2/h5-16,19-30,34-37,55-56,61-62H,3-4,17-18,31-33H2,1-2H3;1-2H3/b19-5-,20-6-;/t55-,56?;/m1./s1. The first-order chi connectivity index (χ1) is 32.3. The first kappa shape index (κ1) is 43.8. The molecule has 332 valence electrons. The number of anilines is 2. The smallest absolute Gasteiger partial charge is 0.147 e. The summed E-state index contributed by atoms with van der Waals surface area (Å²) in [5.41, 5.74) is 12.6. The number of hydrogen-bond acceptors (Lipinski definition) is 5. The van der Waals surface area contributed by atoms with Gasteiger partial charge in [0.2, 0.25) is 0 Å². The van der Waals surface area contributed by atoms with Gasteiger partial charge in [-0.2, -0.15) is 0 Å². The van der Waals surface area contributed by atoms with Gasteiger partial charge in [0.15, 0.2) is 0 Å². The van der Waals surface area contributed by atoms with Gasteiger partial charge in [-0.15, -0.1) is 0 Å². The second kappa shape index (κ2) is 19.3. The number of aromatic hydroxyl groups is 2. The maximum Gasteiger partial charge on any atom is 0.147 e. The van der Waals surface area contributed by atoms with Crippen molar-refractivity contribution in [2.45, 2.75) is 72.0 Å². The van der Waals surface area contributed by atoms with Gasteiger partial charge < -0.3 is 29.2 Å². The minimum atomic E-state index is -0.258. The van der Waals surface area contributed by atoms with Crippen LogP contribution in [0.3, 0.4) is 0 Å². The summed E-state index contributed by atoms with van der Waals surface area (Å²) in [5.74, 6) is 1.76. The Bertz CT molecular complexity index is 3050. The second-order valence-electron chi connectivity index (χ2n) is 17.1. The van der Waals surface area contributed by atoms with Gasteiger partial charge in [0, 0.05) is 51.0 Å². The maximum atomic E-state index is 12.4. The van der Waals surface area contributed by atoms with Crippen molar-refractivity contribution in [1.82, 2.24) is 4.57 Å². The Hall–Kier alpha value is -7.44. The monoisotopic (exact) mass is 870 g/mol. The highest BCUT2D eigenvalue weighted by Gasteiger charge is 2.31. The average Bonchev–Trinajstić information content (AvgIpc) is 3.49. The van der Waals surface area contributed by atoms with Crippen LogP contribution in [-0.4, -0.2) is 33.5 Å². The molecule has 2 aliphatic carbocycles. The molecule has 1 aromatic heterocycles. The summed E-state index contributed by atoms with van der Waals surface area (Å²) < 4.78 is 16.3. The molecule has 0 bridgehead atoms. The van der Waals surface area contributed by atoms with E-state index in [1.165, 1.54) is 0 Å². The van der Waals surface area contributed by atoms with Crippen molar-refractivity contribution in [3.8, 4) is 50.9 Å². The number of ether oxygens (including phenoxy) is 2.